The SMILES string of the molecule is Cc1ccc(NC(=O)CN2C(=O)S/C(=C/c3cccc(OCc4ccc([N+](=O)[O-])cc4)c3)C2=O)cc1C. The number of hydrogen-bond donors (Lipinski definition) is 1. The lowest BCUT2D eigenvalue weighted by molar-refractivity contribution is -0.384. The minimum atomic E-state index is -0.539. The van der Waals surface area contributed by atoms with Crippen LogP contribution in [-0.4, -0.2) is 33.4 Å². The molecule has 0 saturated carbocycles. The molecule has 1 N–H and O–H groups in total. The van der Waals surface area contributed by atoms with Gasteiger partial charge in [-0.1, -0.05) is 18.2 Å². The third-order valence-electron chi connectivity index (χ3n) is 5.67. The number of non-ortho nitro benzene ring substituents is 1. The summed E-state index contributed by atoms with van der Waals surface area (Å²) in [4.78, 5) is 49.2. The molecule has 3 amide bonds. The van der Waals surface area contributed by atoms with Gasteiger partial charge in [0.15, 0.2) is 0 Å². The molecule has 3 aromatic rings. The maximum Gasteiger partial charge on any atom is 0.294 e. The van der Waals surface area contributed by atoms with E-state index in [-0.39, 0.29) is 23.7 Å². The number of nitrogens with zero attached hydrogens (tertiary/aromatic N) is 2. The van der Waals surface area contributed by atoms with Crippen LogP contribution in [0, 0.1) is 24.0 Å². The van der Waals surface area contributed by atoms with Crippen molar-refractivity contribution < 1.29 is 24.0 Å². The first-order valence-electron chi connectivity index (χ1n) is 11.3. The zero-order valence-electron chi connectivity index (χ0n) is 20.1. The van der Waals surface area contributed by atoms with Crippen molar-refractivity contribution in [2.24, 2.45) is 0 Å². The molecule has 1 aliphatic rings. The third kappa shape index (κ3) is 6.42. The van der Waals surface area contributed by atoms with Crippen molar-refractivity contribution >= 4 is 46.3 Å². The van der Waals surface area contributed by atoms with Crippen molar-refractivity contribution in [1.29, 1.82) is 0 Å². The van der Waals surface area contributed by atoms with Crippen LogP contribution in [0.1, 0.15) is 22.3 Å². The smallest absolute Gasteiger partial charge is 0.294 e. The van der Waals surface area contributed by atoms with E-state index in [2.05, 4.69) is 5.32 Å². The summed E-state index contributed by atoms with van der Waals surface area (Å²) >= 11 is 0.772. The van der Waals surface area contributed by atoms with E-state index in [1.165, 1.54) is 12.1 Å². The molecule has 1 heterocycles. The van der Waals surface area contributed by atoms with Gasteiger partial charge in [0, 0.05) is 17.8 Å². The highest BCUT2D eigenvalue weighted by molar-refractivity contribution is 8.18. The number of nitrogens with one attached hydrogen (secondary N) is 1. The fourth-order valence-corrected chi connectivity index (χ4v) is 4.36. The van der Waals surface area contributed by atoms with Gasteiger partial charge >= 0.3 is 0 Å². The lowest BCUT2D eigenvalue weighted by Gasteiger charge is -2.13. The van der Waals surface area contributed by atoms with E-state index in [9.17, 15) is 24.5 Å². The van der Waals surface area contributed by atoms with Gasteiger partial charge in [-0.15, -0.1) is 0 Å². The maximum atomic E-state index is 12.8. The van der Waals surface area contributed by atoms with E-state index in [1.807, 2.05) is 26.0 Å². The van der Waals surface area contributed by atoms with Gasteiger partial charge in [-0.3, -0.25) is 29.4 Å². The van der Waals surface area contributed by atoms with Crippen LogP contribution < -0.4 is 10.1 Å². The fourth-order valence-electron chi connectivity index (χ4n) is 3.53. The predicted octanol–water partition coefficient (Wildman–Crippen LogP) is 5.47. The lowest BCUT2D eigenvalue weighted by Crippen LogP contribution is -2.36. The molecular formula is C27H23N3O6S. The molecule has 10 heteroatoms. The number of thioether (sulfide) groups is 1. The summed E-state index contributed by atoms with van der Waals surface area (Å²) in [5.41, 5.74) is 4.12. The number of hydrogen-bond acceptors (Lipinski definition) is 7. The second-order valence-corrected chi connectivity index (χ2v) is 9.39. The number of carbonyl (C=O) groups excluding carboxylic acids is 3. The number of aryl methyl sites for hydroxylation is 2. The highest BCUT2D eigenvalue weighted by Crippen LogP contribution is 2.32. The van der Waals surface area contributed by atoms with Crippen molar-refractivity contribution in [3.63, 3.8) is 0 Å². The summed E-state index contributed by atoms with van der Waals surface area (Å²) in [6, 6.07) is 18.5. The second kappa shape index (κ2) is 11.1. The molecule has 1 aliphatic heterocycles. The average molecular weight is 518 g/mol. The number of imide groups is 1. The van der Waals surface area contributed by atoms with Crippen molar-refractivity contribution in [3.8, 4) is 5.75 Å². The Morgan fingerprint density at radius 1 is 1.05 bits per heavy atom. The van der Waals surface area contributed by atoms with E-state index in [0.717, 1.165) is 33.4 Å². The molecule has 0 bridgehead atoms. The highest BCUT2D eigenvalue weighted by atomic mass is 32.2. The molecule has 37 heavy (non-hydrogen) atoms. The van der Waals surface area contributed by atoms with Gasteiger partial charge in [0.25, 0.3) is 16.8 Å². The summed E-state index contributed by atoms with van der Waals surface area (Å²) in [6.45, 7) is 3.72. The quantitative estimate of drug-likeness (QED) is 0.239. The van der Waals surface area contributed by atoms with Gasteiger partial charge in [-0.2, -0.15) is 0 Å². The van der Waals surface area contributed by atoms with E-state index in [4.69, 9.17) is 4.74 Å². The predicted molar refractivity (Wildman–Crippen MR) is 141 cm³/mol. The lowest BCUT2D eigenvalue weighted by atomic mass is 10.1. The average Bonchev–Trinajstić information content (AvgIpc) is 3.12. The van der Waals surface area contributed by atoms with E-state index in [0.29, 0.717) is 17.0 Å². The fraction of sp³-hybridized carbons (Fsp3) is 0.148. The van der Waals surface area contributed by atoms with Gasteiger partial charge in [-0.25, -0.2) is 0 Å². The molecule has 0 aromatic heterocycles. The molecule has 3 aromatic carbocycles. The second-order valence-electron chi connectivity index (χ2n) is 8.40. The Morgan fingerprint density at radius 2 is 1.81 bits per heavy atom. The van der Waals surface area contributed by atoms with Gasteiger partial charge in [-0.05, 0) is 90.3 Å². The number of rotatable bonds is 8. The van der Waals surface area contributed by atoms with Crippen molar-refractivity contribution in [2.75, 3.05) is 11.9 Å². The molecule has 0 aliphatic carbocycles. The van der Waals surface area contributed by atoms with Crippen LogP contribution in [0.5, 0.6) is 5.75 Å². The molecule has 1 fully saturated rings. The van der Waals surface area contributed by atoms with Crippen LogP contribution in [0.2, 0.25) is 0 Å². The Balaban J connectivity index is 1.38. The van der Waals surface area contributed by atoms with Crippen molar-refractivity contribution in [1.82, 2.24) is 4.90 Å². The number of benzene rings is 3. The van der Waals surface area contributed by atoms with Crippen molar-refractivity contribution in [2.45, 2.75) is 20.5 Å². The zero-order chi connectivity index (χ0) is 26.5. The summed E-state index contributed by atoms with van der Waals surface area (Å²) in [7, 11) is 0. The van der Waals surface area contributed by atoms with Crippen LogP contribution in [-0.2, 0) is 16.2 Å². The first-order valence-corrected chi connectivity index (χ1v) is 12.1. The van der Waals surface area contributed by atoms with Gasteiger partial charge < -0.3 is 10.1 Å². The molecule has 0 atom stereocenters. The Hall–Kier alpha value is -4.44. The number of nitro groups is 1. The van der Waals surface area contributed by atoms with E-state index in [1.54, 1.807) is 48.5 Å². The zero-order valence-corrected chi connectivity index (χ0v) is 20.9. The Morgan fingerprint density at radius 3 is 2.51 bits per heavy atom. The molecule has 0 spiro atoms. The highest BCUT2D eigenvalue weighted by Gasteiger charge is 2.36. The topological polar surface area (TPSA) is 119 Å². The summed E-state index contributed by atoms with van der Waals surface area (Å²) in [5, 5.41) is 13.0. The van der Waals surface area contributed by atoms with Gasteiger partial charge in [0.1, 0.15) is 18.9 Å². The van der Waals surface area contributed by atoms with Crippen LogP contribution >= 0.6 is 11.8 Å². The minimum Gasteiger partial charge on any atom is -0.489 e. The largest absolute Gasteiger partial charge is 0.489 e. The molecule has 188 valence electrons. The number of anilines is 1. The third-order valence-corrected chi connectivity index (χ3v) is 6.58. The van der Waals surface area contributed by atoms with Crippen molar-refractivity contribution in [3.05, 3.63) is 104 Å². The first kappa shape index (κ1) is 25.6. The monoisotopic (exact) mass is 517 g/mol. The van der Waals surface area contributed by atoms with E-state index >= 15 is 0 Å². The summed E-state index contributed by atoms with van der Waals surface area (Å²) in [6.07, 6.45) is 1.57. The standard InChI is InChI=1S/C27H23N3O6S/c1-17-6-9-21(12-18(17)2)28-25(31)15-29-26(32)24(37-27(29)33)14-20-4-3-5-23(13-20)36-16-19-7-10-22(11-8-19)30(34)35/h3-14H,15-16H2,1-2H3,(H,28,31)/b24-14+. The normalized spacial score (nSPS) is 14.2. The van der Waals surface area contributed by atoms with Gasteiger partial charge in [0.05, 0.1) is 9.83 Å². The Labute approximate surface area is 217 Å². The van der Waals surface area contributed by atoms with Crippen LogP contribution in [0.25, 0.3) is 6.08 Å². The first-order chi connectivity index (χ1) is 17.7. The molecule has 0 unspecified atom stereocenters. The minimum absolute atomic E-state index is 0.00224. The number of ether oxygens (including phenoxy) is 1. The van der Waals surface area contributed by atoms with Crippen LogP contribution in [0.3, 0.4) is 0 Å². The number of amides is 3. The van der Waals surface area contributed by atoms with Gasteiger partial charge in [0.2, 0.25) is 5.91 Å². The molecule has 4 rings (SSSR count). The number of nitro benzene ring substituents is 1. The summed E-state index contributed by atoms with van der Waals surface area (Å²) in [5.74, 6) is -0.477. The van der Waals surface area contributed by atoms with E-state index < -0.39 is 22.0 Å². The molecule has 0 radical (unpaired) electrons. The maximum absolute atomic E-state index is 12.8. The Kier molecular flexibility index (Phi) is 7.69. The number of carbonyl (C=O) groups is 3. The molecule has 1 saturated heterocycles. The molecule has 9 nitrogen and oxygen atoms in total. The summed E-state index contributed by atoms with van der Waals surface area (Å²) < 4.78 is 5.77. The molecular weight excluding hydrogens is 494 g/mol. The Bertz CT molecular complexity index is 1420. The van der Waals surface area contributed by atoms with Crippen LogP contribution in [0.4, 0.5) is 16.2 Å². The van der Waals surface area contributed by atoms with Crippen LogP contribution in [0.15, 0.2) is 71.6 Å².